The van der Waals surface area contributed by atoms with Crippen LogP contribution < -0.4 is 24.8 Å². The molecule has 3 aromatic rings. The van der Waals surface area contributed by atoms with Crippen molar-refractivity contribution >= 4 is 34.2 Å². The van der Waals surface area contributed by atoms with Crippen LogP contribution in [-0.2, 0) is 14.3 Å². The minimum absolute atomic E-state index is 0.0844. The summed E-state index contributed by atoms with van der Waals surface area (Å²) in [6.07, 6.45) is 0. The number of anilines is 1. The summed E-state index contributed by atoms with van der Waals surface area (Å²) in [5.74, 6) is -1.40. The fraction of sp³-hybridized carbons (Fsp3) is 0.240. The maximum absolute atomic E-state index is 12.9. The number of rotatable bonds is 10. The van der Waals surface area contributed by atoms with Crippen molar-refractivity contribution in [3.63, 3.8) is 0 Å². The van der Waals surface area contributed by atoms with Crippen molar-refractivity contribution in [3.8, 4) is 17.2 Å². The van der Waals surface area contributed by atoms with Crippen LogP contribution >= 0.6 is 0 Å². The number of carbonyl (C=O) groups is 3. The number of amides is 2. The first kappa shape index (κ1) is 24.4. The number of ether oxygens (including phenoxy) is 4. The molecule has 0 aromatic heterocycles. The van der Waals surface area contributed by atoms with Gasteiger partial charge in [-0.1, -0.05) is 36.4 Å². The van der Waals surface area contributed by atoms with Crippen molar-refractivity contribution in [3.05, 3.63) is 60.2 Å². The number of esters is 1. The van der Waals surface area contributed by atoms with Gasteiger partial charge in [0, 0.05) is 11.9 Å². The second-order valence-electron chi connectivity index (χ2n) is 7.18. The van der Waals surface area contributed by atoms with Crippen molar-refractivity contribution in [2.24, 2.45) is 5.73 Å². The second kappa shape index (κ2) is 11.0. The smallest absolute Gasteiger partial charge is 0.338 e. The molecular weight excluding hydrogens is 440 g/mol. The van der Waals surface area contributed by atoms with Crippen LogP contribution in [0.4, 0.5) is 5.69 Å². The van der Waals surface area contributed by atoms with Crippen LogP contribution in [0.25, 0.3) is 10.8 Å². The number of fused-ring (bicyclic) bond motifs is 1. The molecule has 9 nitrogen and oxygen atoms in total. The SMILES string of the molecule is CCN(C(=O)COC(=O)c1cc(OC)c(OCC(N)=O)c(OC)c1)c1cccc2ccccc12. The quantitative estimate of drug-likeness (QED) is 0.457. The molecule has 9 heteroatoms. The Kier molecular flexibility index (Phi) is 7.92. The highest BCUT2D eigenvalue weighted by atomic mass is 16.5. The molecule has 0 fully saturated rings. The number of carbonyl (C=O) groups excluding carboxylic acids is 3. The Labute approximate surface area is 196 Å². The van der Waals surface area contributed by atoms with Gasteiger partial charge in [-0.05, 0) is 30.5 Å². The molecule has 3 aromatic carbocycles. The Hall–Kier alpha value is -4.27. The molecule has 0 heterocycles. The first-order valence-corrected chi connectivity index (χ1v) is 10.5. The Bertz CT molecular complexity index is 1180. The lowest BCUT2D eigenvalue weighted by Gasteiger charge is -2.22. The zero-order valence-corrected chi connectivity index (χ0v) is 19.2. The minimum Gasteiger partial charge on any atom is -0.493 e. The van der Waals surface area contributed by atoms with Crippen LogP contribution in [0.2, 0.25) is 0 Å². The van der Waals surface area contributed by atoms with Gasteiger partial charge in [0.1, 0.15) is 0 Å². The third-order valence-electron chi connectivity index (χ3n) is 5.06. The van der Waals surface area contributed by atoms with E-state index in [-0.39, 0.29) is 28.7 Å². The van der Waals surface area contributed by atoms with E-state index >= 15 is 0 Å². The zero-order chi connectivity index (χ0) is 24.7. The number of nitrogens with two attached hydrogens (primary N) is 1. The van der Waals surface area contributed by atoms with Gasteiger partial charge in [0.25, 0.3) is 11.8 Å². The van der Waals surface area contributed by atoms with Crippen LogP contribution in [0.15, 0.2) is 54.6 Å². The van der Waals surface area contributed by atoms with Crippen molar-refractivity contribution in [1.29, 1.82) is 0 Å². The molecular formula is C25H26N2O7. The Balaban J connectivity index is 1.77. The normalized spacial score (nSPS) is 10.4. The Morgan fingerprint density at radius 2 is 1.56 bits per heavy atom. The van der Waals surface area contributed by atoms with Crippen molar-refractivity contribution in [2.45, 2.75) is 6.92 Å². The molecule has 3 rings (SSSR count). The highest BCUT2D eigenvalue weighted by Gasteiger charge is 2.22. The molecule has 0 saturated carbocycles. The highest BCUT2D eigenvalue weighted by molar-refractivity contribution is 6.04. The van der Waals surface area contributed by atoms with Crippen LogP contribution in [0.3, 0.4) is 0 Å². The van der Waals surface area contributed by atoms with Crippen molar-refractivity contribution in [1.82, 2.24) is 0 Å². The van der Waals surface area contributed by atoms with E-state index in [0.29, 0.717) is 6.54 Å². The van der Waals surface area contributed by atoms with E-state index in [4.69, 9.17) is 24.7 Å². The third-order valence-corrected chi connectivity index (χ3v) is 5.06. The zero-order valence-electron chi connectivity index (χ0n) is 19.2. The molecule has 0 atom stereocenters. The number of hydrogen-bond acceptors (Lipinski definition) is 7. The summed E-state index contributed by atoms with van der Waals surface area (Å²) in [5, 5.41) is 1.92. The van der Waals surface area contributed by atoms with E-state index < -0.39 is 25.1 Å². The van der Waals surface area contributed by atoms with E-state index in [9.17, 15) is 14.4 Å². The predicted octanol–water partition coefficient (Wildman–Crippen LogP) is 2.93. The minimum atomic E-state index is -0.750. The maximum Gasteiger partial charge on any atom is 0.338 e. The molecule has 0 bridgehead atoms. The van der Waals surface area contributed by atoms with Crippen molar-refractivity contribution < 1.29 is 33.3 Å². The fourth-order valence-corrected chi connectivity index (χ4v) is 3.50. The van der Waals surface area contributed by atoms with Gasteiger partial charge in [0.05, 0.1) is 25.5 Å². The number of likely N-dealkylation sites (N-methyl/N-ethyl adjacent to an activating group) is 1. The van der Waals surface area contributed by atoms with E-state index in [2.05, 4.69) is 0 Å². The third kappa shape index (κ3) is 5.37. The molecule has 2 N–H and O–H groups in total. The lowest BCUT2D eigenvalue weighted by Crippen LogP contribution is -2.34. The molecule has 2 amide bonds. The van der Waals surface area contributed by atoms with Gasteiger partial charge in [-0.3, -0.25) is 9.59 Å². The largest absolute Gasteiger partial charge is 0.493 e. The van der Waals surface area contributed by atoms with Gasteiger partial charge in [0.15, 0.2) is 24.7 Å². The van der Waals surface area contributed by atoms with Crippen molar-refractivity contribution in [2.75, 3.05) is 38.9 Å². The van der Waals surface area contributed by atoms with Crippen LogP contribution in [0.5, 0.6) is 17.2 Å². The van der Waals surface area contributed by atoms with Gasteiger partial charge in [-0.15, -0.1) is 0 Å². The second-order valence-corrected chi connectivity index (χ2v) is 7.18. The van der Waals surface area contributed by atoms with E-state index in [0.717, 1.165) is 16.5 Å². The first-order chi connectivity index (χ1) is 16.4. The van der Waals surface area contributed by atoms with Gasteiger partial charge in [0.2, 0.25) is 5.75 Å². The average Bonchev–Trinajstić information content (AvgIpc) is 2.85. The molecule has 0 saturated heterocycles. The molecule has 0 aliphatic carbocycles. The summed E-state index contributed by atoms with van der Waals surface area (Å²) in [5.41, 5.74) is 5.94. The summed E-state index contributed by atoms with van der Waals surface area (Å²) in [7, 11) is 2.74. The van der Waals surface area contributed by atoms with Crippen LogP contribution in [0, 0.1) is 0 Å². The molecule has 0 radical (unpaired) electrons. The van der Waals surface area contributed by atoms with E-state index in [1.165, 1.54) is 26.4 Å². The lowest BCUT2D eigenvalue weighted by molar-refractivity contribution is -0.121. The summed E-state index contributed by atoms with van der Waals surface area (Å²) < 4.78 is 21.1. The van der Waals surface area contributed by atoms with E-state index in [1.54, 1.807) is 4.90 Å². The molecule has 0 spiro atoms. The number of nitrogens with zero attached hydrogens (tertiary/aromatic N) is 1. The number of methoxy groups -OCH3 is 2. The summed E-state index contributed by atoms with van der Waals surface area (Å²) >= 11 is 0. The standard InChI is InChI=1S/C25H26N2O7/c1-4-27(19-11-7-9-16-8-5-6-10-18(16)19)23(29)15-34-25(30)17-12-20(31-2)24(21(13-17)32-3)33-14-22(26)28/h5-13H,4,14-15H2,1-3H3,(H2,26,28). The Morgan fingerprint density at radius 1 is 0.912 bits per heavy atom. The highest BCUT2D eigenvalue weighted by Crippen LogP contribution is 2.38. The number of primary amides is 1. The molecule has 0 aliphatic rings. The number of hydrogen-bond donors (Lipinski definition) is 1. The van der Waals surface area contributed by atoms with E-state index in [1.807, 2.05) is 49.4 Å². The van der Waals surface area contributed by atoms with Gasteiger partial charge in [-0.25, -0.2) is 4.79 Å². The topological polar surface area (TPSA) is 117 Å². The monoisotopic (exact) mass is 466 g/mol. The first-order valence-electron chi connectivity index (χ1n) is 10.5. The lowest BCUT2D eigenvalue weighted by atomic mass is 10.1. The molecule has 0 unspecified atom stereocenters. The summed E-state index contributed by atoms with van der Waals surface area (Å²) in [6, 6.07) is 16.2. The van der Waals surface area contributed by atoms with Crippen LogP contribution in [-0.4, -0.2) is 51.8 Å². The molecule has 0 aliphatic heterocycles. The predicted molar refractivity (Wildman–Crippen MR) is 126 cm³/mol. The van der Waals surface area contributed by atoms with Gasteiger partial charge in [-0.2, -0.15) is 0 Å². The Morgan fingerprint density at radius 3 is 2.18 bits per heavy atom. The summed E-state index contributed by atoms with van der Waals surface area (Å²) in [6.45, 7) is 1.40. The molecule has 178 valence electrons. The summed E-state index contributed by atoms with van der Waals surface area (Å²) in [4.78, 5) is 38.3. The molecule has 34 heavy (non-hydrogen) atoms. The van der Waals surface area contributed by atoms with Gasteiger partial charge < -0.3 is 29.6 Å². The number of benzene rings is 3. The average molecular weight is 466 g/mol. The van der Waals surface area contributed by atoms with Crippen LogP contribution in [0.1, 0.15) is 17.3 Å². The van der Waals surface area contributed by atoms with Gasteiger partial charge >= 0.3 is 5.97 Å². The fourth-order valence-electron chi connectivity index (χ4n) is 3.50. The maximum atomic E-state index is 12.9.